The molecule has 1 aromatic carbocycles. The van der Waals surface area contributed by atoms with Gasteiger partial charge in [0.05, 0.1) is 17.4 Å². The SMILES string of the molecule is O=C(NC1CCCN(c2cccc(F)c2)C1)C1CCS(=O)(=O)C1. The first-order chi connectivity index (χ1) is 10.9. The molecule has 2 unspecified atom stereocenters. The van der Waals surface area contributed by atoms with E-state index in [2.05, 4.69) is 10.2 Å². The number of hydrogen-bond acceptors (Lipinski definition) is 4. The summed E-state index contributed by atoms with van der Waals surface area (Å²) in [6.07, 6.45) is 2.18. The molecule has 0 bridgehead atoms. The van der Waals surface area contributed by atoms with Crippen LogP contribution in [0.25, 0.3) is 0 Å². The molecule has 0 aromatic heterocycles. The number of nitrogens with one attached hydrogen (secondary N) is 1. The first-order valence-electron chi connectivity index (χ1n) is 7.94. The highest BCUT2D eigenvalue weighted by Gasteiger charge is 2.34. The number of nitrogens with zero attached hydrogens (tertiary/aromatic N) is 1. The van der Waals surface area contributed by atoms with Crippen LogP contribution in [0.4, 0.5) is 10.1 Å². The Labute approximate surface area is 135 Å². The van der Waals surface area contributed by atoms with Gasteiger partial charge in [-0.3, -0.25) is 4.79 Å². The van der Waals surface area contributed by atoms with Crippen LogP contribution in [0.3, 0.4) is 0 Å². The molecule has 2 heterocycles. The fourth-order valence-corrected chi connectivity index (χ4v) is 5.06. The number of amides is 1. The minimum atomic E-state index is -3.05. The van der Waals surface area contributed by atoms with Crippen LogP contribution >= 0.6 is 0 Å². The largest absolute Gasteiger partial charge is 0.369 e. The minimum absolute atomic E-state index is 0.0252. The number of anilines is 1. The van der Waals surface area contributed by atoms with Crippen molar-refractivity contribution in [3.8, 4) is 0 Å². The molecule has 5 nitrogen and oxygen atoms in total. The van der Waals surface area contributed by atoms with E-state index in [4.69, 9.17) is 0 Å². The molecule has 1 aromatic rings. The standard InChI is InChI=1S/C16H21FN2O3S/c17-13-3-1-5-15(9-13)19-7-2-4-14(10-19)18-16(20)12-6-8-23(21,22)11-12/h1,3,5,9,12,14H,2,4,6-8,10-11H2,(H,18,20). The lowest BCUT2D eigenvalue weighted by Gasteiger charge is -2.35. The third-order valence-corrected chi connectivity index (χ3v) is 6.31. The number of halogens is 1. The van der Waals surface area contributed by atoms with Crippen molar-refractivity contribution in [1.82, 2.24) is 5.32 Å². The Kier molecular flexibility index (Phi) is 4.57. The van der Waals surface area contributed by atoms with Crippen LogP contribution in [0.2, 0.25) is 0 Å². The van der Waals surface area contributed by atoms with E-state index in [1.54, 1.807) is 6.07 Å². The van der Waals surface area contributed by atoms with Crippen molar-refractivity contribution in [3.05, 3.63) is 30.1 Å². The highest BCUT2D eigenvalue weighted by Crippen LogP contribution is 2.22. The number of rotatable bonds is 3. The van der Waals surface area contributed by atoms with E-state index in [9.17, 15) is 17.6 Å². The summed E-state index contributed by atoms with van der Waals surface area (Å²) in [6, 6.07) is 6.41. The van der Waals surface area contributed by atoms with Crippen molar-refractivity contribution in [2.24, 2.45) is 5.92 Å². The van der Waals surface area contributed by atoms with Crippen LogP contribution in [0.15, 0.2) is 24.3 Å². The van der Waals surface area contributed by atoms with Crippen LogP contribution < -0.4 is 10.2 Å². The zero-order valence-corrected chi connectivity index (χ0v) is 13.7. The average Bonchev–Trinajstić information content (AvgIpc) is 2.88. The van der Waals surface area contributed by atoms with Gasteiger partial charge in [0.15, 0.2) is 9.84 Å². The molecular formula is C16H21FN2O3S. The van der Waals surface area contributed by atoms with E-state index in [0.717, 1.165) is 25.1 Å². The first-order valence-corrected chi connectivity index (χ1v) is 9.76. The summed E-state index contributed by atoms with van der Waals surface area (Å²) in [5, 5.41) is 2.97. The highest BCUT2D eigenvalue weighted by molar-refractivity contribution is 7.91. The number of carbonyl (C=O) groups excluding carboxylic acids is 1. The van der Waals surface area contributed by atoms with Crippen LogP contribution in [-0.4, -0.2) is 45.0 Å². The van der Waals surface area contributed by atoms with Gasteiger partial charge in [-0.2, -0.15) is 0 Å². The molecule has 0 radical (unpaired) electrons. The highest BCUT2D eigenvalue weighted by atomic mass is 32.2. The van der Waals surface area contributed by atoms with E-state index in [1.165, 1.54) is 12.1 Å². The van der Waals surface area contributed by atoms with Crippen molar-refractivity contribution in [1.29, 1.82) is 0 Å². The summed E-state index contributed by atoms with van der Waals surface area (Å²) in [4.78, 5) is 14.3. The molecule has 2 fully saturated rings. The Balaban J connectivity index is 1.60. The maximum atomic E-state index is 13.4. The monoisotopic (exact) mass is 340 g/mol. The second-order valence-electron chi connectivity index (χ2n) is 6.37. The first kappa shape index (κ1) is 16.2. The zero-order chi connectivity index (χ0) is 16.4. The van der Waals surface area contributed by atoms with E-state index in [1.807, 2.05) is 6.07 Å². The zero-order valence-electron chi connectivity index (χ0n) is 12.9. The van der Waals surface area contributed by atoms with Crippen LogP contribution in [0.1, 0.15) is 19.3 Å². The molecule has 2 atom stereocenters. The molecule has 126 valence electrons. The Morgan fingerprint density at radius 3 is 2.83 bits per heavy atom. The van der Waals surface area contributed by atoms with Gasteiger partial charge in [0, 0.05) is 24.8 Å². The van der Waals surface area contributed by atoms with Gasteiger partial charge in [-0.05, 0) is 37.5 Å². The lowest BCUT2D eigenvalue weighted by molar-refractivity contribution is -0.125. The molecular weight excluding hydrogens is 319 g/mol. The number of sulfone groups is 1. The van der Waals surface area contributed by atoms with E-state index < -0.39 is 15.8 Å². The third-order valence-electron chi connectivity index (χ3n) is 4.54. The van der Waals surface area contributed by atoms with E-state index in [-0.39, 0.29) is 29.3 Å². The summed E-state index contributed by atoms with van der Waals surface area (Å²) >= 11 is 0. The second kappa shape index (κ2) is 6.47. The molecule has 2 saturated heterocycles. The molecule has 7 heteroatoms. The molecule has 0 spiro atoms. The van der Waals surface area contributed by atoms with Crippen LogP contribution in [-0.2, 0) is 14.6 Å². The molecule has 1 amide bonds. The molecule has 1 N–H and O–H groups in total. The Morgan fingerprint density at radius 2 is 2.13 bits per heavy atom. The quantitative estimate of drug-likeness (QED) is 0.902. The Bertz CT molecular complexity index is 692. The summed E-state index contributed by atoms with van der Waals surface area (Å²) in [5.41, 5.74) is 0.812. The van der Waals surface area contributed by atoms with Crippen molar-refractivity contribution >= 4 is 21.4 Å². The number of benzene rings is 1. The summed E-state index contributed by atoms with van der Waals surface area (Å²) in [7, 11) is -3.05. The van der Waals surface area contributed by atoms with Gasteiger partial charge in [0.2, 0.25) is 5.91 Å². The van der Waals surface area contributed by atoms with Gasteiger partial charge < -0.3 is 10.2 Å². The van der Waals surface area contributed by atoms with Crippen molar-refractivity contribution in [2.45, 2.75) is 25.3 Å². The van der Waals surface area contributed by atoms with Crippen molar-refractivity contribution in [3.63, 3.8) is 0 Å². The van der Waals surface area contributed by atoms with E-state index in [0.29, 0.717) is 13.0 Å². The second-order valence-corrected chi connectivity index (χ2v) is 8.60. The van der Waals surface area contributed by atoms with Crippen molar-refractivity contribution in [2.75, 3.05) is 29.5 Å². The summed E-state index contributed by atoms with van der Waals surface area (Å²) in [5.74, 6) is -0.809. The Morgan fingerprint density at radius 1 is 1.30 bits per heavy atom. The van der Waals surface area contributed by atoms with Gasteiger partial charge in [-0.15, -0.1) is 0 Å². The van der Waals surface area contributed by atoms with Gasteiger partial charge in [-0.1, -0.05) is 6.07 Å². The third kappa shape index (κ3) is 4.02. The molecule has 2 aliphatic heterocycles. The smallest absolute Gasteiger partial charge is 0.224 e. The molecule has 23 heavy (non-hydrogen) atoms. The number of carbonyl (C=O) groups is 1. The molecule has 3 rings (SSSR count). The van der Waals surface area contributed by atoms with Gasteiger partial charge in [0.1, 0.15) is 5.82 Å². The topological polar surface area (TPSA) is 66.5 Å². The number of piperidine rings is 1. The maximum absolute atomic E-state index is 13.4. The number of hydrogen-bond donors (Lipinski definition) is 1. The van der Waals surface area contributed by atoms with Crippen LogP contribution in [0, 0.1) is 11.7 Å². The molecule has 0 saturated carbocycles. The lowest BCUT2D eigenvalue weighted by Crippen LogP contribution is -2.49. The van der Waals surface area contributed by atoms with Crippen molar-refractivity contribution < 1.29 is 17.6 Å². The predicted octanol–water partition coefficient (Wildman–Crippen LogP) is 1.35. The molecule has 0 aliphatic carbocycles. The van der Waals surface area contributed by atoms with E-state index >= 15 is 0 Å². The fourth-order valence-electron chi connectivity index (χ4n) is 3.32. The minimum Gasteiger partial charge on any atom is -0.369 e. The normalized spacial score (nSPS) is 26.9. The fraction of sp³-hybridized carbons (Fsp3) is 0.562. The predicted molar refractivity (Wildman–Crippen MR) is 86.5 cm³/mol. The Hall–Kier alpha value is -1.63. The van der Waals surface area contributed by atoms with Gasteiger partial charge in [-0.25, -0.2) is 12.8 Å². The lowest BCUT2D eigenvalue weighted by atomic mass is 10.0. The summed E-state index contributed by atoms with van der Waals surface area (Å²) < 4.78 is 36.3. The average molecular weight is 340 g/mol. The maximum Gasteiger partial charge on any atom is 0.224 e. The van der Waals surface area contributed by atoms with Gasteiger partial charge in [0.25, 0.3) is 0 Å². The van der Waals surface area contributed by atoms with Gasteiger partial charge >= 0.3 is 0 Å². The summed E-state index contributed by atoms with van der Waals surface area (Å²) in [6.45, 7) is 1.45. The molecule has 2 aliphatic rings. The van der Waals surface area contributed by atoms with Crippen LogP contribution in [0.5, 0.6) is 0 Å².